The SMILES string of the molecule is CNCc1cccc(-n2ccnc2)c1. The van der Waals surface area contributed by atoms with Crippen LogP contribution in [0.25, 0.3) is 5.69 Å². The van der Waals surface area contributed by atoms with Crippen LogP contribution in [0.1, 0.15) is 5.56 Å². The van der Waals surface area contributed by atoms with E-state index in [2.05, 4.69) is 34.6 Å². The third-order valence-corrected chi connectivity index (χ3v) is 2.09. The predicted molar refractivity (Wildman–Crippen MR) is 56.3 cm³/mol. The van der Waals surface area contributed by atoms with E-state index in [4.69, 9.17) is 0 Å². The van der Waals surface area contributed by atoms with E-state index in [1.807, 2.05) is 17.8 Å². The van der Waals surface area contributed by atoms with Gasteiger partial charge in [-0.3, -0.25) is 0 Å². The summed E-state index contributed by atoms with van der Waals surface area (Å²) in [6, 6.07) is 8.39. The Morgan fingerprint density at radius 2 is 2.36 bits per heavy atom. The first kappa shape index (κ1) is 8.97. The van der Waals surface area contributed by atoms with Crippen molar-refractivity contribution >= 4 is 0 Å². The Morgan fingerprint density at radius 1 is 1.43 bits per heavy atom. The topological polar surface area (TPSA) is 29.9 Å². The molecular weight excluding hydrogens is 174 g/mol. The molecule has 0 bridgehead atoms. The van der Waals surface area contributed by atoms with Crippen molar-refractivity contribution in [2.45, 2.75) is 6.54 Å². The lowest BCUT2D eigenvalue weighted by molar-refractivity contribution is 0.816. The van der Waals surface area contributed by atoms with Crippen molar-refractivity contribution in [2.75, 3.05) is 7.05 Å². The normalized spacial score (nSPS) is 10.4. The maximum absolute atomic E-state index is 4.02. The van der Waals surface area contributed by atoms with Gasteiger partial charge in [0.05, 0.1) is 6.33 Å². The lowest BCUT2D eigenvalue weighted by Gasteiger charge is -2.04. The summed E-state index contributed by atoms with van der Waals surface area (Å²) < 4.78 is 2.00. The molecule has 1 aromatic heterocycles. The number of nitrogens with one attached hydrogen (secondary N) is 1. The van der Waals surface area contributed by atoms with Crippen LogP contribution < -0.4 is 5.32 Å². The van der Waals surface area contributed by atoms with E-state index in [-0.39, 0.29) is 0 Å². The first-order chi connectivity index (χ1) is 6.90. The molecule has 0 radical (unpaired) electrons. The number of imidazole rings is 1. The van der Waals surface area contributed by atoms with E-state index < -0.39 is 0 Å². The van der Waals surface area contributed by atoms with Gasteiger partial charge in [-0.2, -0.15) is 0 Å². The van der Waals surface area contributed by atoms with Gasteiger partial charge in [0.2, 0.25) is 0 Å². The Bertz CT molecular complexity index is 393. The van der Waals surface area contributed by atoms with Gasteiger partial charge in [0, 0.05) is 24.6 Å². The van der Waals surface area contributed by atoms with Gasteiger partial charge in [0.1, 0.15) is 0 Å². The fourth-order valence-corrected chi connectivity index (χ4v) is 1.44. The largest absolute Gasteiger partial charge is 0.316 e. The first-order valence-corrected chi connectivity index (χ1v) is 4.62. The number of hydrogen-bond acceptors (Lipinski definition) is 2. The highest BCUT2D eigenvalue weighted by atomic mass is 15.0. The third kappa shape index (κ3) is 1.83. The molecule has 0 spiro atoms. The molecule has 0 aliphatic rings. The van der Waals surface area contributed by atoms with E-state index in [9.17, 15) is 0 Å². The van der Waals surface area contributed by atoms with Crippen molar-refractivity contribution in [2.24, 2.45) is 0 Å². The molecule has 1 aromatic carbocycles. The fourth-order valence-electron chi connectivity index (χ4n) is 1.44. The molecule has 72 valence electrons. The van der Waals surface area contributed by atoms with Crippen molar-refractivity contribution in [1.82, 2.24) is 14.9 Å². The molecule has 2 rings (SSSR count). The van der Waals surface area contributed by atoms with Crippen molar-refractivity contribution in [3.63, 3.8) is 0 Å². The van der Waals surface area contributed by atoms with Crippen LogP contribution in [-0.2, 0) is 6.54 Å². The minimum absolute atomic E-state index is 0.891. The monoisotopic (exact) mass is 187 g/mol. The Hall–Kier alpha value is -1.61. The maximum Gasteiger partial charge on any atom is 0.0991 e. The van der Waals surface area contributed by atoms with Crippen molar-refractivity contribution in [1.29, 1.82) is 0 Å². The van der Waals surface area contributed by atoms with Gasteiger partial charge in [0.25, 0.3) is 0 Å². The van der Waals surface area contributed by atoms with Crippen LogP contribution in [0.3, 0.4) is 0 Å². The molecule has 3 nitrogen and oxygen atoms in total. The highest BCUT2D eigenvalue weighted by molar-refractivity contribution is 5.35. The number of benzene rings is 1. The Kier molecular flexibility index (Phi) is 2.60. The summed E-state index contributed by atoms with van der Waals surface area (Å²) in [5.74, 6) is 0. The van der Waals surface area contributed by atoms with Crippen LogP contribution in [-0.4, -0.2) is 16.6 Å². The van der Waals surface area contributed by atoms with Crippen molar-refractivity contribution in [3.05, 3.63) is 48.5 Å². The molecule has 0 fully saturated rings. The minimum atomic E-state index is 0.891. The van der Waals surface area contributed by atoms with Gasteiger partial charge in [-0.15, -0.1) is 0 Å². The number of aromatic nitrogens is 2. The van der Waals surface area contributed by atoms with Crippen LogP contribution in [0.4, 0.5) is 0 Å². The second kappa shape index (κ2) is 4.07. The Balaban J connectivity index is 2.31. The lowest BCUT2D eigenvalue weighted by atomic mass is 10.2. The smallest absolute Gasteiger partial charge is 0.0991 e. The van der Waals surface area contributed by atoms with Gasteiger partial charge in [-0.1, -0.05) is 12.1 Å². The standard InChI is InChI=1S/C11H13N3/c1-12-8-10-3-2-4-11(7-10)14-6-5-13-9-14/h2-7,9,12H,8H2,1H3. The summed E-state index contributed by atoms with van der Waals surface area (Å²) in [6.07, 6.45) is 5.53. The van der Waals surface area contributed by atoms with Gasteiger partial charge in [-0.05, 0) is 24.7 Å². The van der Waals surface area contributed by atoms with E-state index in [1.165, 1.54) is 5.56 Å². The lowest BCUT2D eigenvalue weighted by Crippen LogP contribution is -2.05. The average Bonchev–Trinajstić information content (AvgIpc) is 2.71. The highest BCUT2D eigenvalue weighted by Crippen LogP contribution is 2.09. The Labute approximate surface area is 83.4 Å². The van der Waals surface area contributed by atoms with Crippen LogP contribution in [0.2, 0.25) is 0 Å². The molecule has 3 heteroatoms. The quantitative estimate of drug-likeness (QED) is 0.790. The zero-order valence-electron chi connectivity index (χ0n) is 8.14. The fraction of sp³-hybridized carbons (Fsp3) is 0.182. The summed E-state index contributed by atoms with van der Waals surface area (Å²) in [4.78, 5) is 4.02. The molecule has 0 aliphatic carbocycles. The Morgan fingerprint density at radius 3 is 3.07 bits per heavy atom. The van der Waals surface area contributed by atoms with E-state index in [1.54, 1.807) is 12.5 Å². The molecule has 0 unspecified atom stereocenters. The summed E-state index contributed by atoms with van der Waals surface area (Å²) in [5.41, 5.74) is 2.42. The van der Waals surface area contributed by atoms with Gasteiger partial charge >= 0.3 is 0 Å². The van der Waals surface area contributed by atoms with E-state index >= 15 is 0 Å². The number of nitrogens with zero attached hydrogens (tertiary/aromatic N) is 2. The van der Waals surface area contributed by atoms with Crippen molar-refractivity contribution < 1.29 is 0 Å². The second-order valence-corrected chi connectivity index (χ2v) is 3.17. The molecule has 0 saturated heterocycles. The summed E-state index contributed by atoms with van der Waals surface area (Å²) in [5, 5.41) is 3.13. The van der Waals surface area contributed by atoms with Crippen LogP contribution in [0.5, 0.6) is 0 Å². The van der Waals surface area contributed by atoms with Crippen LogP contribution in [0, 0.1) is 0 Å². The maximum atomic E-state index is 4.02. The van der Waals surface area contributed by atoms with Crippen LogP contribution >= 0.6 is 0 Å². The van der Waals surface area contributed by atoms with Crippen molar-refractivity contribution in [3.8, 4) is 5.69 Å². The molecule has 2 aromatic rings. The average molecular weight is 187 g/mol. The summed E-state index contributed by atoms with van der Waals surface area (Å²) >= 11 is 0. The van der Waals surface area contributed by atoms with Gasteiger partial charge in [0.15, 0.2) is 0 Å². The molecule has 1 heterocycles. The molecule has 1 N–H and O–H groups in total. The molecule has 0 aliphatic heterocycles. The minimum Gasteiger partial charge on any atom is -0.316 e. The number of hydrogen-bond donors (Lipinski definition) is 1. The number of rotatable bonds is 3. The van der Waals surface area contributed by atoms with E-state index in [0.717, 1.165) is 12.2 Å². The van der Waals surface area contributed by atoms with Crippen LogP contribution in [0.15, 0.2) is 43.0 Å². The van der Waals surface area contributed by atoms with Gasteiger partial charge in [-0.25, -0.2) is 4.98 Å². The molecule has 0 atom stereocenters. The second-order valence-electron chi connectivity index (χ2n) is 3.17. The van der Waals surface area contributed by atoms with E-state index in [0.29, 0.717) is 0 Å². The zero-order valence-corrected chi connectivity index (χ0v) is 8.14. The highest BCUT2D eigenvalue weighted by Gasteiger charge is 1.96. The third-order valence-electron chi connectivity index (χ3n) is 2.09. The molecular formula is C11H13N3. The summed E-state index contributed by atoms with van der Waals surface area (Å²) in [7, 11) is 1.95. The predicted octanol–water partition coefficient (Wildman–Crippen LogP) is 1.59. The zero-order chi connectivity index (χ0) is 9.80. The molecule has 0 saturated carbocycles. The molecule has 0 amide bonds. The van der Waals surface area contributed by atoms with Gasteiger partial charge < -0.3 is 9.88 Å². The molecule has 14 heavy (non-hydrogen) atoms. The first-order valence-electron chi connectivity index (χ1n) is 4.62. The summed E-state index contributed by atoms with van der Waals surface area (Å²) in [6.45, 7) is 0.891.